The number of hydrogen-bond acceptors (Lipinski definition) is 5. The van der Waals surface area contributed by atoms with Crippen LogP contribution in [0.2, 0.25) is 0 Å². The molecule has 0 aromatic carbocycles. The Morgan fingerprint density at radius 1 is 1.50 bits per heavy atom. The highest BCUT2D eigenvalue weighted by atomic mass is 16.5. The zero-order valence-corrected chi connectivity index (χ0v) is 13.6. The molecule has 0 aliphatic carbocycles. The Hall–Kier alpha value is -1.47. The van der Waals surface area contributed by atoms with Crippen molar-refractivity contribution in [1.29, 1.82) is 0 Å². The molecule has 0 bridgehead atoms. The van der Waals surface area contributed by atoms with Gasteiger partial charge in [0.15, 0.2) is 5.69 Å². The summed E-state index contributed by atoms with van der Waals surface area (Å²) in [7, 11) is 0. The summed E-state index contributed by atoms with van der Waals surface area (Å²) in [6.07, 6.45) is 3.54. The molecule has 1 N–H and O–H groups in total. The van der Waals surface area contributed by atoms with Crippen molar-refractivity contribution in [2.24, 2.45) is 5.92 Å². The first-order valence-corrected chi connectivity index (χ1v) is 8.00. The molecule has 1 amide bonds. The molecule has 124 valence electrons. The van der Waals surface area contributed by atoms with Crippen LogP contribution in [0.25, 0.3) is 0 Å². The molecule has 0 saturated carbocycles. The van der Waals surface area contributed by atoms with Crippen molar-refractivity contribution in [1.82, 2.24) is 20.3 Å². The normalized spacial score (nSPS) is 17.6. The van der Waals surface area contributed by atoms with Gasteiger partial charge in [0.05, 0.1) is 24.9 Å². The third-order valence-electron chi connectivity index (χ3n) is 3.93. The molecular formula is C15H26N4O3. The molecular weight excluding hydrogens is 284 g/mol. The van der Waals surface area contributed by atoms with E-state index in [-0.39, 0.29) is 18.0 Å². The molecule has 0 radical (unpaired) electrons. The number of rotatable bonds is 7. The number of nitrogens with zero attached hydrogens (tertiary/aromatic N) is 3. The minimum atomic E-state index is -0.197. The van der Waals surface area contributed by atoms with Gasteiger partial charge in [0, 0.05) is 19.8 Å². The fraction of sp³-hybridized carbons (Fsp3) is 0.800. The second kappa shape index (κ2) is 8.24. The number of aromatic nitrogens is 3. The lowest BCUT2D eigenvalue weighted by molar-refractivity contribution is 0.0657. The van der Waals surface area contributed by atoms with E-state index in [2.05, 4.69) is 29.5 Å². The summed E-state index contributed by atoms with van der Waals surface area (Å²) in [5.41, 5.74) is 0.355. The van der Waals surface area contributed by atoms with Crippen LogP contribution in [0.4, 0.5) is 0 Å². The third-order valence-corrected chi connectivity index (χ3v) is 3.93. The van der Waals surface area contributed by atoms with Gasteiger partial charge < -0.3 is 14.8 Å². The van der Waals surface area contributed by atoms with Crippen molar-refractivity contribution < 1.29 is 14.3 Å². The van der Waals surface area contributed by atoms with Gasteiger partial charge in [0.1, 0.15) is 0 Å². The predicted molar refractivity (Wildman–Crippen MR) is 81.7 cm³/mol. The van der Waals surface area contributed by atoms with E-state index < -0.39 is 0 Å². The Kier molecular flexibility index (Phi) is 6.33. The summed E-state index contributed by atoms with van der Waals surface area (Å²) in [6, 6.07) is 0.243. The van der Waals surface area contributed by atoms with Crippen LogP contribution in [0.5, 0.6) is 0 Å². The number of ether oxygens (including phenoxy) is 2. The van der Waals surface area contributed by atoms with Crippen LogP contribution in [0.3, 0.4) is 0 Å². The number of hydrogen-bond donors (Lipinski definition) is 1. The zero-order chi connectivity index (χ0) is 15.9. The van der Waals surface area contributed by atoms with Gasteiger partial charge in [-0.3, -0.25) is 4.79 Å². The van der Waals surface area contributed by atoms with Gasteiger partial charge in [-0.15, -0.1) is 5.10 Å². The maximum Gasteiger partial charge on any atom is 0.273 e. The van der Waals surface area contributed by atoms with E-state index in [0.29, 0.717) is 24.8 Å². The van der Waals surface area contributed by atoms with Crippen molar-refractivity contribution in [2.75, 3.05) is 26.4 Å². The van der Waals surface area contributed by atoms with Crippen molar-refractivity contribution in [3.63, 3.8) is 0 Å². The molecule has 1 aromatic heterocycles. The Labute approximate surface area is 131 Å². The molecule has 1 aromatic rings. The van der Waals surface area contributed by atoms with Gasteiger partial charge in [0.2, 0.25) is 0 Å². The maximum atomic E-state index is 12.3. The Morgan fingerprint density at radius 2 is 2.23 bits per heavy atom. The quantitative estimate of drug-likeness (QED) is 0.824. The summed E-state index contributed by atoms with van der Waals surface area (Å²) >= 11 is 0. The molecule has 2 rings (SSSR count). The minimum absolute atomic E-state index is 0.0271. The number of carbonyl (C=O) groups is 1. The average Bonchev–Trinajstić information content (AvgIpc) is 3.02. The highest BCUT2D eigenvalue weighted by Crippen LogP contribution is 2.19. The van der Waals surface area contributed by atoms with Gasteiger partial charge in [0.25, 0.3) is 5.91 Å². The number of carbonyl (C=O) groups excluding carboxylic acids is 1. The fourth-order valence-corrected chi connectivity index (χ4v) is 2.40. The second-order valence-electron chi connectivity index (χ2n) is 5.91. The van der Waals surface area contributed by atoms with E-state index in [1.165, 1.54) is 0 Å². The van der Waals surface area contributed by atoms with Crippen LogP contribution in [0.1, 0.15) is 50.1 Å². The summed E-state index contributed by atoms with van der Waals surface area (Å²) in [6.45, 7) is 8.67. The molecule has 0 spiro atoms. The van der Waals surface area contributed by atoms with E-state index in [1.54, 1.807) is 10.9 Å². The summed E-state index contributed by atoms with van der Waals surface area (Å²) < 4.78 is 12.5. The van der Waals surface area contributed by atoms with E-state index in [1.807, 2.05) is 6.92 Å². The lowest BCUT2D eigenvalue weighted by Crippen LogP contribution is -2.42. The maximum absolute atomic E-state index is 12.3. The Balaban J connectivity index is 1.95. The molecule has 22 heavy (non-hydrogen) atoms. The lowest BCUT2D eigenvalue weighted by Gasteiger charge is -2.22. The number of amides is 1. The van der Waals surface area contributed by atoms with Gasteiger partial charge in [-0.1, -0.05) is 19.1 Å². The SMILES string of the molecule is CCOCC(NC(=O)c1cn(C2CCOCC2)nn1)C(C)C. The third kappa shape index (κ3) is 4.51. The van der Waals surface area contributed by atoms with E-state index in [0.717, 1.165) is 26.1 Å². The minimum Gasteiger partial charge on any atom is -0.381 e. The summed E-state index contributed by atoms with van der Waals surface area (Å²) in [5, 5.41) is 11.1. The smallest absolute Gasteiger partial charge is 0.273 e. The van der Waals surface area contributed by atoms with Gasteiger partial charge >= 0.3 is 0 Å². The molecule has 7 heteroatoms. The summed E-state index contributed by atoms with van der Waals surface area (Å²) in [5.74, 6) is 0.0951. The molecule has 7 nitrogen and oxygen atoms in total. The average molecular weight is 310 g/mol. The van der Waals surface area contributed by atoms with Gasteiger partial charge in [-0.05, 0) is 25.7 Å². The number of nitrogens with one attached hydrogen (secondary N) is 1. The first kappa shape index (κ1) is 16.9. The molecule has 1 atom stereocenters. The van der Waals surface area contributed by atoms with Crippen LogP contribution < -0.4 is 5.32 Å². The van der Waals surface area contributed by atoms with Crippen molar-refractivity contribution in [3.05, 3.63) is 11.9 Å². The first-order valence-electron chi connectivity index (χ1n) is 8.00. The molecule has 1 fully saturated rings. The van der Waals surface area contributed by atoms with Gasteiger partial charge in [-0.25, -0.2) is 4.68 Å². The molecule has 1 aliphatic heterocycles. The van der Waals surface area contributed by atoms with Crippen molar-refractivity contribution in [3.8, 4) is 0 Å². The highest BCUT2D eigenvalue weighted by molar-refractivity contribution is 5.92. The van der Waals surface area contributed by atoms with Crippen LogP contribution in [0, 0.1) is 5.92 Å². The molecule has 1 saturated heterocycles. The zero-order valence-electron chi connectivity index (χ0n) is 13.6. The second-order valence-corrected chi connectivity index (χ2v) is 5.91. The fourth-order valence-electron chi connectivity index (χ4n) is 2.40. The molecule has 1 aliphatic rings. The van der Waals surface area contributed by atoms with Crippen LogP contribution >= 0.6 is 0 Å². The topological polar surface area (TPSA) is 78.3 Å². The molecule has 2 heterocycles. The van der Waals surface area contributed by atoms with Crippen LogP contribution in [0.15, 0.2) is 6.20 Å². The standard InChI is InChI=1S/C15H26N4O3/c1-4-21-10-14(11(2)3)16-15(20)13-9-19(18-17-13)12-5-7-22-8-6-12/h9,11-12,14H,4-8,10H2,1-3H3,(H,16,20). The van der Waals surface area contributed by atoms with E-state index in [9.17, 15) is 4.79 Å². The first-order chi connectivity index (χ1) is 10.6. The largest absolute Gasteiger partial charge is 0.381 e. The Morgan fingerprint density at radius 3 is 2.86 bits per heavy atom. The summed E-state index contributed by atoms with van der Waals surface area (Å²) in [4.78, 5) is 12.3. The molecule has 1 unspecified atom stereocenters. The van der Waals surface area contributed by atoms with Gasteiger partial charge in [-0.2, -0.15) is 0 Å². The monoisotopic (exact) mass is 310 g/mol. The Bertz CT molecular complexity index is 469. The highest BCUT2D eigenvalue weighted by Gasteiger charge is 2.22. The predicted octanol–water partition coefficient (Wildman–Crippen LogP) is 1.42. The van der Waals surface area contributed by atoms with Crippen molar-refractivity contribution >= 4 is 5.91 Å². The van der Waals surface area contributed by atoms with E-state index >= 15 is 0 Å². The van der Waals surface area contributed by atoms with Crippen molar-refractivity contribution in [2.45, 2.75) is 45.7 Å². The van der Waals surface area contributed by atoms with Crippen LogP contribution in [-0.2, 0) is 9.47 Å². The lowest BCUT2D eigenvalue weighted by atomic mass is 10.1. The van der Waals surface area contributed by atoms with E-state index in [4.69, 9.17) is 9.47 Å². The van der Waals surface area contributed by atoms with Crippen LogP contribution in [-0.4, -0.2) is 53.4 Å².